The number of carbonyl (C=O) groups excluding carboxylic acids is 2. The topological polar surface area (TPSA) is 68.3 Å². The van der Waals surface area contributed by atoms with Crippen LogP contribution < -0.4 is 5.32 Å². The zero-order valence-electron chi connectivity index (χ0n) is 13.5. The van der Waals surface area contributed by atoms with Gasteiger partial charge < -0.3 is 10.1 Å². The highest BCUT2D eigenvalue weighted by Crippen LogP contribution is 2.28. The molecule has 2 aromatic rings. The van der Waals surface area contributed by atoms with Crippen LogP contribution in [0.25, 0.3) is 0 Å². The van der Waals surface area contributed by atoms with Gasteiger partial charge in [0, 0.05) is 11.1 Å². The van der Waals surface area contributed by atoms with Crippen LogP contribution in [-0.2, 0) is 20.7 Å². The molecule has 0 saturated carbocycles. The maximum absolute atomic E-state index is 13.1. The highest BCUT2D eigenvalue weighted by molar-refractivity contribution is 8.02. The Balaban J connectivity index is 1.91. The van der Waals surface area contributed by atoms with Gasteiger partial charge in [0.1, 0.15) is 5.82 Å². The van der Waals surface area contributed by atoms with E-state index in [2.05, 4.69) is 10.3 Å². The molecule has 2 rings (SSSR count). The smallest absolute Gasteiger partial charge is 0.311 e. The van der Waals surface area contributed by atoms with E-state index >= 15 is 0 Å². The average Bonchev–Trinajstić information content (AvgIpc) is 2.98. The molecule has 1 N–H and O–H groups in total. The lowest BCUT2D eigenvalue weighted by Crippen LogP contribution is -2.22. The Kier molecular flexibility index (Phi) is 7.22. The first-order chi connectivity index (χ1) is 11.9. The van der Waals surface area contributed by atoms with Crippen LogP contribution in [0, 0.1) is 5.82 Å². The van der Waals surface area contributed by atoms with E-state index in [-0.39, 0.29) is 23.3 Å². The van der Waals surface area contributed by atoms with E-state index < -0.39 is 11.1 Å². The van der Waals surface area contributed by atoms with Gasteiger partial charge in [0.15, 0.2) is 4.34 Å². The predicted octanol–water partition coefficient (Wildman–Crippen LogP) is 4.16. The molecular weight excluding hydrogens is 387 g/mol. The summed E-state index contributed by atoms with van der Waals surface area (Å²) in [4.78, 5) is 28.0. The number of benzene rings is 1. The van der Waals surface area contributed by atoms with E-state index in [0.717, 1.165) is 0 Å². The Morgan fingerprint density at radius 1 is 1.48 bits per heavy atom. The van der Waals surface area contributed by atoms with E-state index in [0.29, 0.717) is 22.3 Å². The van der Waals surface area contributed by atoms with E-state index in [1.807, 2.05) is 0 Å². The fraction of sp³-hybridized carbons (Fsp3) is 0.312. The lowest BCUT2D eigenvalue weighted by molar-refractivity contribution is -0.142. The molecule has 134 valence electrons. The molecule has 0 fully saturated rings. The maximum atomic E-state index is 13.1. The Hall–Kier alpha value is -1.64. The summed E-state index contributed by atoms with van der Waals surface area (Å²) < 4.78 is 18.7. The minimum atomic E-state index is -0.543. The number of aromatic nitrogens is 1. The Morgan fingerprint density at radius 3 is 2.92 bits per heavy atom. The molecule has 0 aliphatic rings. The highest BCUT2D eigenvalue weighted by atomic mass is 35.5. The number of halogens is 2. The number of hydrogen-bond acceptors (Lipinski definition) is 6. The molecule has 1 unspecified atom stereocenters. The summed E-state index contributed by atoms with van der Waals surface area (Å²) in [6, 6.07) is 3.99. The number of carbonyl (C=O) groups is 2. The number of thioether (sulfide) groups is 1. The predicted molar refractivity (Wildman–Crippen MR) is 97.8 cm³/mol. The zero-order valence-corrected chi connectivity index (χ0v) is 15.9. The number of nitrogens with zero attached hydrogens (tertiary/aromatic N) is 1. The molecule has 0 saturated heterocycles. The quantitative estimate of drug-likeness (QED) is 0.556. The second kappa shape index (κ2) is 9.17. The summed E-state index contributed by atoms with van der Waals surface area (Å²) in [5.74, 6) is -1.13. The third-order valence-corrected chi connectivity index (χ3v) is 5.41. The molecule has 1 amide bonds. The summed E-state index contributed by atoms with van der Waals surface area (Å²) >= 11 is 8.33. The molecule has 1 atom stereocenters. The molecule has 0 aliphatic carbocycles. The van der Waals surface area contributed by atoms with Crippen LogP contribution in [0.15, 0.2) is 27.9 Å². The standard InChI is InChI=1S/C16H16ClFN2O3S2/c1-3-23-14(21)7-11-8-24-16(20-11)25-9(2)15(22)19-10-4-5-13(18)12(17)6-10/h4-6,8-9H,3,7H2,1-2H3,(H,19,22). The first kappa shape index (κ1) is 19.7. The molecular formula is C16H16ClFN2O3S2. The third kappa shape index (κ3) is 5.98. The van der Waals surface area contributed by atoms with Gasteiger partial charge in [-0.05, 0) is 32.0 Å². The fourth-order valence-corrected chi connectivity index (χ4v) is 3.97. The molecule has 1 aromatic heterocycles. The number of anilines is 1. The van der Waals surface area contributed by atoms with Gasteiger partial charge in [-0.2, -0.15) is 0 Å². The summed E-state index contributed by atoms with van der Waals surface area (Å²) in [7, 11) is 0. The number of esters is 1. The monoisotopic (exact) mass is 402 g/mol. The van der Waals surface area contributed by atoms with Crippen molar-refractivity contribution < 1.29 is 18.7 Å². The van der Waals surface area contributed by atoms with Gasteiger partial charge in [0.25, 0.3) is 0 Å². The van der Waals surface area contributed by atoms with Crippen molar-refractivity contribution in [2.45, 2.75) is 29.9 Å². The summed E-state index contributed by atoms with van der Waals surface area (Å²) in [6.07, 6.45) is 0.111. The first-order valence-corrected chi connectivity index (χ1v) is 9.55. The van der Waals surface area contributed by atoms with E-state index in [1.165, 1.54) is 41.3 Å². The van der Waals surface area contributed by atoms with Crippen molar-refractivity contribution in [3.05, 3.63) is 40.1 Å². The summed E-state index contributed by atoms with van der Waals surface area (Å²) in [5.41, 5.74) is 1.04. The largest absolute Gasteiger partial charge is 0.466 e. The Bertz CT molecular complexity index is 770. The van der Waals surface area contributed by atoms with Gasteiger partial charge in [-0.25, -0.2) is 9.37 Å². The van der Waals surface area contributed by atoms with Crippen LogP contribution in [-0.4, -0.2) is 28.7 Å². The molecule has 9 heteroatoms. The normalized spacial score (nSPS) is 11.8. The number of nitrogens with one attached hydrogen (secondary N) is 1. The molecule has 5 nitrogen and oxygen atoms in total. The summed E-state index contributed by atoms with van der Waals surface area (Å²) in [6.45, 7) is 3.81. The number of rotatable bonds is 7. The molecule has 0 aliphatic heterocycles. The molecule has 0 spiro atoms. The Morgan fingerprint density at radius 2 is 2.24 bits per heavy atom. The van der Waals surface area contributed by atoms with Crippen molar-refractivity contribution in [2.75, 3.05) is 11.9 Å². The Labute approximate surface area is 157 Å². The number of thiazole rings is 1. The molecule has 1 aromatic carbocycles. The minimum Gasteiger partial charge on any atom is -0.466 e. The van der Waals surface area contributed by atoms with Crippen molar-refractivity contribution in [3.8, 4) is 0 Å². The molecule has 0 bridgehead atoms. The first-order valence-electron chi connectivity index (χ1n) is 7.41. The van der Waals surface area contributed by atoms with Crippen LogP contribution >= 0.6 is 34.7 Å². The van der Waals surface area contributed by atoms with Crippen molar-refractivity contribution >= 4 is 52.3 Å². The number of amides is 1. The van der Waals surface area contributed by atoms with E-state index in [9.17, 15) is 14.0 Å². The van der Waals surface area contributed by atoms with Crippen LogP contribution in [0.3, 0.4) is 0 Å². The van der Waals surface area contributed by atoms with Crippen molar-refractivity contribution in [2.24, 2.45) is 0 Å². The van der Waals surface area contributed by atoms with Crippen LogP contribution in [0.1, 0.15) is 19.5 Å². The fourth-order valence-electron chi connectivity index (χ4n) is 1.81. The highest BCUT2D eigenvalue weighted by Gasteiger charge is 2.18. The SMILES string of the molecule is CCOC(=O)Cc1csc(SC(C)C(=O)Nc2ccc(F)c(Cl)c2)n1. The summed E-state index contributed by atoms with van der Waals surface area (Å²) in [5, 5.41) is 3.97. The van der Waals surface area contributed by atoms with Crippen molar-refractivity contribution in [1.82, 2.24) is 4.98 Å². The van der Waals surface area contributed by atoms with Gasteiger partial charge in [-0.15, -0.1) is 11.3 Å². The average molecular weight is 403 g/mol. The lowest BCUT2D eigenvalue weighted by atomic mass is 10.3. The third-order valence-electron chi connectivity index (χ3n) is 3.00. The van der Waals surface area contributed by atoms with Crippen LogP contribution in [0.5, 0.6) is 0 Å². The van der Waals surface area contributed by atoms with Gasteiger partial charge in [0.05, 0.1) is 29.0 Å². The maximum Gasteiger partial charge on any atom is 0.311 e. The van der Waals surface area contributed by atoms with Crippen LogP contribution in [0.4, 0.5) is 10.1 Å². The van der Waals surface area contributed by atoms with E-state index in [1.54, 1.807) is 19.2 Å². The number of ether oxygens (including phenoxy) is 1. The molecule has 25 heavy (non-hydrogen) atoms. The van der Waals surface area contributed by atoms with Crippen molar-refractivity contribution in [3.63, 3.8) is 0 Å². The van der Waals surface area contributed by atoms with Crippen LogP contribution in [0.2, 0.25) is 5.02 Å². The molecule has 1 heterocycles. The van der Waals surface area contributed by atoms with E-state index in [4.69, 9.17) is 16.3 Å². The van der Waals surface area contributed by atoms with Gasteiger partial charge in [-0.1, -0.05) is 23.4 Å². The van der Waals surface area contributed by atoms with Gasteiger partial charge >= 0.3 is 5.97 Å². The van der Waals surface area contributed by atoms with Gasteiger partial charge in [-0.3, -0.25) is 9.59 Å². The van der Waals surface area contributed by atoms with Gasteiger partial charge in [0.2, 0.25) is 5.91 Å². The molecule has 0 radical (unpaired) electrons. The lowest BCUT2D eigenvalue weighted by Gasteiger charge is -2.10. The second-order valence-corrected chi connectivity index (χ2v) is 7.82. The van der Waals surface area contributed by atoms with Crippen molar-refractivity contribution in [1.29, 1.82) is 0 Å². The second-order valence-electron chi connectivity index (χ2n) is 4.96. The minimum absolute atomic E-state index is 0.0540. The number of hydrogen-bond donors (Lipinski definition) is 1. The zero-order chi connectivity index (χ0) is 18.4.